The zero-order chi connectivity index (χ0) is 19.7. The maximum atomic E-state index is 14.0. The molecule has 28 heavy (non-hydrogen) atoms. The highest BCUT2D eigenvalue weighted by Gasteiger charge is 2.29. The van der Waals surface area contributed by atoms with Gasteiger partial charge in [-0.1, -0.05) is 24.3 Å². The zero-order valence-corrected chi connectivity index (χ0v) is 15.9. The van der Waals surface area contributed by atoms with Gasteiger partial charge in [0.1, 0.15) is 5.82 Å². The Balaban J connectivity index is 1.40. The van der Waals surface area contributed by atoms with Crippen LogP contribution in [0.5, 0.6) is 0 Å². The average molecular weight is 381 g/mol. The molecule has 0 radical (unpaired) electrons. The van der Waals surface area contributed by atoms with Crippen LogP contribution in [-0.4, -0.2) is 25.0 Å². The first-order valence-electron chi connectivity index (χ1n) is 9.73. The van der Waals surface area contributed by atoms with Gasteiger partial charge in [0.05, 0.1) is 0 Å². The number of halogens is 1. The first-order chi connectivity index (χ1) is 13.5. The number of carbonyl (C=O) groups is 2. The van der Waals surface area contributed by atoms with Crippen molar-refractivity contribution in [2.45, 2.75) is 44.1 Å². The summed E-state index contributed by atoms with van der Waals surface area (Å²) in [7, 11) is 1.76. The topological polar surface area (TPSA) is 61.4 Å². The lowest BCUT2D eigenvalue weighted by Crippen LogP contribution is -2.37. The molecule has 2 atom stereocenters. The van der Waals surface area contributed by atoms with Gasteiger partial charge in [-0.25, -0.2) is 9.18 Å². The van der Waals surface area contributed by atoms with Crippen LogP contribution in [0.2, 0.25) is 0 Å². The Morgan fingerprint density at radius 1 is 1.11 bits per heavy atom. The third-order valence-corrected chi connectivity index (χ3v) is 5.84. The molecule has 1 aliphatic heterocycles. The van der Waals surface area contributed by atoms with Crippen molar-refractivity contribution in [2.75, 3.05) is 17.3 Å². The molecule has 2 aliphatic rings. The molecule has 0 aromatic heterocycles. The molecule has 0 bridgehead atoms. The lowest BCUT2D eigenvalue weighted by atomic mass is 9.97. The summed E-state index contributed by atoms with van der Waals surface area (Å²) in [6, 6.07) is 12.2. The number of anilines is 2. The standard InChI is InChI=1S/C22H24FN3O2/c1-26-20-8-4-7-19(17(20)11-12-21(26)27)25-22(28)24-15-10-9-14(13-15)16-5-2-3-6-18(16)23/h2-8,14-15H,9-13H2,1H3,(H2,24,25,28)/t14-,15-/m1/s1. The van der Waals surface area contributed by atoms with Gasteiger partial charge in [0.25, 0.3) is 0 Å². The quantitative estimate of drug-likeness (QED) is 0.837. The van der Waals surface area contributed by atoms with Crippen LogP contribution in [0, 0.1) is 5.82 Å². The van der Waals surface area contributed by atoms with E-state index in [-0.39, 0.29) is 29.7 Å². The maximum Gasteiger partial charge on any atom is 0.319 e. The van der Waals surface area contributed by atoms with Crippen molar-refractivity contribution in [3.63, 3.8) is 0 Å². The summed E-state index contributed by atoms with van der Waals surface area (Å²) in [5.41, 5.74) is 3.29. The molecule has 2 aromatic carbocycles. The van der Waals surface area contributed by atoms with Crippen molar-refractivity contribution in [2.24, 2.45) is 0 Å². The third-order valence-electron chi connectivity index (χ3n) is 5.84. The van der Waals surface area contributed by atoms with Crippen LogP contribution < -0.4 is 15.5 Å². The molecule has 4 rings (SSSR count). The molecule has 0 spiro atoms. The molecular formula is C22H24FN3O2. The number of fused-ring (bicyclic) bond motifs is 1. The Morgan fingerprint density at radius 2 is 1.93 bits per heavy atom. The van der Waals surface area contributed by atoms with Gasteiger partial charge in [-0.05, 0) is 60.9 Å². The molecule has 1 saturated carbocycles. The number of hydrogen-bond acceptors (Lipinski definition) is 2. The molecule has 2 aromatic rings. The minimum Gasteiger partial charge on any atom is -0.335 e. The second kappa shape index (κ2) is 7.62. The third kappa shape index (κ3) is 3.59. The molecule has 0 saturated heterocycles. The molecule has 3 amide bonds. The predicted molar refractivity (Wildman–Crippen MR) is 107 cm³/mol. The molecule has 1 aliphatic carbocycles. The number of rotatable bonds is 3. The van der Waals surface area contributed by atoms with Gasteiger partial charge in [0.2, 0.25) is 5.91 Å². The average Bonchev–Trinajstić information content (AvgIpc) is 3.13. The van der Waals surface area contributed by atoms with E-state index < -0.39 is 0 Å². The Morgan fingerprint density at radius 3 is 2.75 bits per heavy atom. The summed E-state index contributed by atoms with van der Waals surface area (Å²) in [5.74, 6) is 0.0436. The maximum absolute atomic E-state index is 14.0. The Hall–Kier alpha value is -2.89. The van der Waals surface area contributed by atoms with Gasteiger partial charge in [0.15, 0.2) is 0 Å². The molecule has 0 unspecified atom stereocenters. The summed E-state index contributed by atoms with van der Waals surface area (Å²) in [6.07, 6.45) is 3.49. The Bertz CT molecular complexity index is 914. The van der Waals surface area contributed by atoms with Gasteiger partial charge in [-0.15, -0.1) is 0 Å². The van der Waals surface area contributed by atoms with E-state index in [2.05, 4.69) is 10.6 Å². The Labute approximate surface area is 163 Å². The fourth-order valence-corrected chi connectivity index (χ4v) is 4.35. The van der Waals surface area contributed by atoms with Crippen molar-refractivity contribution in [1.82, 2.24) is 5.32 Å². The molecule has 1 fully saturated rings. The number of amides is 3. The summed E-state index contributed by atoms with van der Waals surface area (Å²) in [4.78, 5) is 26.1. The zero-order valence-electron chi connectivity index (χ0n) is 15.9. The fourth-order valence-electron chi connectivity index (χ4n) is 4.35. The van der Waals surface area contributed by atoms with Crippen LogP contribution in [0.1, 0.15) is 42.7 Å². The van der Waals surface area contributed by atoms with Gasteiger partial charge in [0, 0.05) is 30.9 Å². The van der Waals surface area contributed by atoms with Crippen LogP contribution in [0.25, 0.3) is 0 Å². The first kappa shape index (κ1) is 18.5. The highest BCUT2D eigenvalue weighted by Crippen LogP contribution is 2.36. The van der Waals surface area contributed by atoms with E-state index in [4.69, 9.17) is 0 Å². The van der Waals surface area contributed by atoms with Crippen LogP contribution in [0.15, 0.2) is 42.5 Å². The van der Waals surface area contributed by atoms with E-state index in [0.717, 1.165) is 41.8 Å². The number of nitrogens with zero attached hydrogens (tertiary/aromatic N) is 1. The van der Waals surface area contributed by atoms with Crippen molar-refractivity contribution >= 4 is 23.3 Å². The minimum absolute atomic E-state index is 0.0217. The highest BCUT2D eigenvalue weighted by atomic mass is 19.1. The molecule has 1 heterocycles. The number of urea groups is 1. The molecule has 2 N–H and O–H groups in total. The summed E-state index contributed by atoms with van der Waals surface area (Å²) in [5, 5.41) is 5.96. The summed E-state index contributed by atoms with van der Waals surface area (Å²) >= 11 is 0. The van der Waals surface area contributed by atoms with Gasteiger partial charge in [-0.2, -0.15) is 0 Å². The first-order valence-corrected chi connectivity index (χ1v) is 9.73. The molecule has 146 valence electrons. The van der Waals surface area contributed by atoms with E-state index in [1.54, 1.807) is 18.0 Å². The number of carbonyl (C=O) groups excluding carboxylic acids is 2. The largest absolute Gasteiger partial charge is 0.335 e. The van der Waals surface area contributed by atoms with Gasteiger partial charge >= 0.3 is 6.03 Å². The second-order valence-corrected chi connectivity index (χ2v) is 7.58. The Kier molecular flexibility index (Phi) is 5.03. The SMILES string of the molecule is CN1C(=O)CCc2c(NC(=O)N[C@@H]3CC[C@@H](c4ccccc4F)C3)cccc21. The fraction of sp³-hybridized carbons (Fsp3) is 0.364. The second-order valence-electron chi connectivity index (χ2n) is 7.58. The van der Waals surface area contributed by atoms with E-state index in [9.17, 15) is 14.0 Å². The van der Waals surface area contributed by atoms with E-state index in [1.165, 1.54) is 6.07 Å². The number of hydrogen-bond donors (Lipinski definition) is 2. The van der Waals surface area contributed by atoms with Crippen molar-refractivity contribution < 1.29 is 14.0 Å². The van der Waals surface area contributed by atoms with E-state index in [0.29, 0.717) is 12.8 Å². The van der Waals surface area contributed by atoms with Crippen molar-refractivity contribution in [3.05, 3.63) is 59.4 Å². The van der Waals surface area contributed by atoms with Crippen LogP contribution in [0.3, 0.4) is 0 Å². The minimum atomic E-state index is -0.257. The highest BCUT2D eigenvalue weighted by molar-refractivity contribution is 5.99. The smallest absolute Gasteiger partial charge is 0.319 e. The summed E-state index contributed by atoms with van der Waals surface area (Å²) < 4.78 is 14.0. The number of nitrogens with one attached hydrogen (secondary N) is 2. The van der Waals surface area contributed by atoms with Crippen LogP contribution in [0.4, 0.5) is 20.6 Å². The van der Waals surface area contributed by atoms with Gasteiger partial charge in [-0.3, -0.25) is 4.79 Å². The van der Waals surface area contributed by atoms with E-state index >= 15 is 0 Å². The molecule has 5 nitrogen and oxygen atoms in total. The van der Waals surface area contributed by atoms with Gasteiger partial charge < -0.3 is 15.5 Å². The lowest BCUT2D eigenvalue weighted by molar-refractivity contribution is -0.118. The molecular weight excluding hydrogens is 357 g/mol. The van der Waals surface area contributed by atoms with Crippen LogP contribution in [-0.2, 0) is 11.2 Å². The van der Waals surface area contributed by atoms with Crippen LogP contribution >= 0.6 is 0 Å². The number of benzene rings is 2. The molecule has 6 heteroatoms. The van der Waals surface area contributed by atoms with E-state index in [1.807, 2.05) is 30.3 Å². The van der Waals surface area contributed by atoms with Crippen molar-refractivity contribution in [3.8, 4) is 0 Å². The van der Waals surface area contributed by atoms with Crippen molar-refractivity contribution in [1.29, 1.82) is 0 Å². The lowest BCUT2D eigenvalue weighted by Gasteiger charge is -2.27. The monoisotopic (exact) mass is 381 g/mol. The summed E-state index contributed by atoms with van der Waals surface area (Å²) in [6.45, 7) is 0. The normalized spacial score (nSPS) is 21.4. The predicted octanol–water partition coefficient (Wildman–Crippen LogP) is 4.19.